The molecule has 2 amide bonds. The van der Waals surface area contributed by atoms with Crippen LogP contribution in [-0.2, 0) is 4.79 Å². The molecule has 0 aliphatic carbocycles. The van der Waals surface area contributed by atoms with E-state index in [1.165, 1.54) is 0 Å². The number of rotatable bonds is 7. The summed E-state index contributed by atoms with van der Waals surface area (Å²) in [7, 11) is 0. The van der Waals surface area contributed by atoms with Crippen LogP contribution >= 0.6 is 0 Å². The third-order valence-electron chi connectivity index (χ3n) is 1.96. The Morgan fingerprint density at radius 2 is 2.19 bits per heavy atom. The van der Waals surface area contributed by atoms with Gasteiger partial charge in [0.05, 0.1) is 0 Å². The van der Waals surface area contributed by atoms with Gasteiger partial charge in [0.15, 0.2) is 0 Å². The molecular formula is C11H18N2O3. The molecule has 5 heteroatoms. The first-order valence-corrected chi connectivity index (χ1v) is 5.32. The Bertz CT molecular complexity index is 271. The Morgan fingerprint density at radius 3 is 2.69 bits per heavy atom. The van der Waals surface area contributed by atoms with E-state index in [0.29, 0.717) is 32.2 Å². The number of carboxylic acid groups (broad SMARTS) is 1. The number of carbonyl (C=O) groups is 2. The van der Waals surface area contributed by atoms with Crippen LogP contribution in [0.5, 0.6) is 0 Å². The van der Waals surface area contributed by atoms with Gasteiger partial charge in [0.1, 0.15) is 6.04 Å². The summed E-state index contributed by atoms with van der Waals surface area (Å²) in [5, 5.41) is 13.7. The fourth-order valence-electron chi connectivity index (χ4n) is 1.15. The van der Waals surface area contributed by atoms with Crippen LogP contribution < -0.4 is 10.6 Å². The van der Waals surface area contributed by atoms with Crippen molar-refractivity contribution in [3.05, 3.63) is 0 Å². The fourth-order valence-corrected chi connectivity index (χ4v) is 1.15. The molecule has 0 aromatic heterocycles. The normalized spacial score (nSPS) is 11.2. The molecule has 5 nitrogen and oxygen atoms in total. The number of hydrogen-bond donors (Lipinski definition) is 3. The zero-order valence-corrected chi connectivity index (χ0v) is 9.45. The molecule has 0 heterocycles. The van der Waals surface area contributed by atoms with E-state index >= 15 is 0 Å². The van der Waals surface area contributed by atoms with Crippen LogP contribution in [0.1, 0.15) is 32.6 Å². The van der Waals surface area contributed by atoms with Crippen molar-refractivity contribution in [2.24, 2.45) is 0 Å². The van der Waals surface area contributed by atoms with Gasteiger partial charge < -0.3 is 15.7 Å². The van der Waals surface area contributed by atoms with Gasteiger partial charge >= 0.3 is 12.0 Å². The highest BCUT2D eigenvalue weighted by Crippen LogP contribution is 1.96. The van der Waals surface area contributed by atoms with Gasteiger partial charge in [-0.15, -0.1) is 12.3 Å². The average Bonchev–Trinajstić information content (AvgIpc) is 2.23. The van der Waals surface area contributed by atoms with Crippen molar-refractivity contribution in [2.45, 2.75) is 38.6 Å². The van der Waals surface area contributed by atoms with Crippen molar-refractivity contribution in [2.75, 3.05) is 6.54 Å². The smallest absolute Gasteiger partial charge is 0.326 e. The molecule has 0 bridgehead atoms. The lowest BCUT2D eigenvalue weighted by Gasteiger charge is -2.13. The van der Waals surface area contributed by atoms with Gasteiger partial charge in [-0.25, -0.2) is 9.59 Å². The largest absolute Gasteiger partial charge is 0.480 e. The van der Waals surface area contributed by atoms with Crippen molar-refractivity contribution in [1.82, 2.24) is 10.6 Å². The minimum Gasteiger partial charge on any atom is -0.480 e. The monoisotopic (exact) mass is 226 g/mol. The van der Waals surface area contributed by atoms with E-state index in [0.717, 1.165) is 0 Å². The molecule has 1 atom stereocenters. The minimum atomic E-state index is -1.01. The van der Waals surface area contributed by atoms with Crippen molar-refractivity contribution in [1.29, 1.82) is 0 Å². The Morgan fingerprint density at radius 1 is 1.50 bits per heavy atom. The highest BCUT2D eigenvalue weighted by Gasteiger charge is 2.17. The Kier molecular flexibility index (Phi) is 7.68. The number of unbranched alkanes of at least 4 members (excludes halogenated alkanes) is 1. The summed E-state index contributed by atoms with van der Waals surface area (Å²) in [6, 6.07) is -1.28. The van der Waals surface area contributed by atoms with Crippen LogP contribution in [0.2, 0.25) is 0 Å². The molecule has 0 aliphatic heterocycles. The lowest BCUT2D eigenvalue weighted by molar-refractivity contribution is -0.139. The first kappa shape index (κ1) is 14.3. The maximum atomic E-state index is 11.3. The van der Waals surface area contributed by atoms with Gasteiger partial charge in [-0.05, 0) is 12.8 Å². The van der Waals surface area contributed by atoms with Gasteiger partial charge in [0.2, 0.25) is 0 Å². The molecule has 0 saturated heterocycles. The third-order valence-corrected chi connectivity index (χ3v) is 1.96. The lowest BCUT2D eigenvalue weighted by Crippen LogP contribution is -2.46. The molecule has 0 aromatic rings. The van der Waals surface area contributed by atoms with Gasteiger partial charge in [-0.2, -0.15) is 0 Å². The molecule has 0 fully saturated rings. The third kappa shape index (κ3) is 6.71. The second-order valence-electron chi connectivity index (χ2n) is 3.39. The summed E-state index contributed by atoms with van der Waals surface area (Å²) >= 11 is 0. The van der Waals surface area contributed by atoms with Crippen molar-refractivity contribution in [3.63, 3.8) is 0 Å². The predicted molar refractivity (Wildman–Crippen MR) is 60.9 cm³/mol. The number of amides is 2. The summed E-state index contributed by atoms with van der Waals surface area (Å²) in [5.74, 6) is 1.44. The standard InChI is InChI=1S/C11H18N2O3/c1-3-5-6-8-12-11(16)13-9(7-4-2)10(14)15/h1,9H,4-8H2,2H3,(H,14,15)(H2,12,13,16)/t9-/m0/s1. The van der Waals surface area contributed by atoms with E-state index in [9.17, 15) is 9.59 Å². The first-order chi connectivity index (χ1) is 7.61. The van der Waals surface area contributed by atoms with E-state index < -0.39 is 18.0 Å². The molecule has 90 valence electrons. The van der Waals surface area contributed by atoms with E-state index in [2.05, 4.69) is 16.6 Å². The van der Waals surface area contributed by atoms with Crippen molar-refractivity contribution < 1.29 is 14.7 Å². The fraction of sp³-hybridized carbons (Fsp3) is 0.636. The molecule has 16 heavy (non-hydrogen) atoms. The van der Waals surface area contributed by atoms with Crippen molar-refractivity contribution >= 4 is 12.0 Å². The Balaban J connectivity index is 3.83. The van der Waals surface area contributed by atoms with Gasteiger partial charge in [0, 0.05) is 13.0 Å². The lowest BCUT2D eigenvalue weighted by atomic mass is 10.2. The molecule has 0 radical (unpaired) electrons. The molecule has 0 unspecified atom stereocenters. The molecule has 3 N–H and O–H groups in total. The number of carboxylic acids is 1. The van der Waals surface area contributed by atoms with Crippen LogP contribution in [0.4, 0.5) is 4.79 Å². The highest BCUT2D eigenvalue weighted by molar-refractivity contribution is 5.82. The second-order valence-corrected chi connectivity index (χ2v) is 3.39. The van der Waals surface area contributed by atoms with Gasteiger partial charge in [-0.3, -0.25) is 0 Å². The molecular weight excluding hydrogens is 208 g/mol. The highest BCUT2D eigenvalue weighted by atomic mass is 16.4. The number of aliphatic carboxylic acids is 1. The molecule has 0 rings (SSSR count). The van der Waals surface area contributed by atoms with Crippen LogP contribution in [0.25, 0.3) is 0 Å². The zero-order chi connectivity index (χ0) is 12.4. The summed E-state index contributed by atoms with van der Waals surface area (Å²) in [6.45, 7) is 2.32. The minimum absolute atomic E-state index is 0.424. The molecule has 0 saturated carbocycles. The molecule has 0 spiro atoms. The van der Waals surface area contributed by atoms with E-state index in [1.807, 2.05) is 6.92 Å². The van der Waals surface area contributed by atoms with Crippen LogP contribution in [0, 0.1) is 12.3 Å². The maximum Gasteiger partial charge on any atom is 0.326 e. The summed E-state index contributed by atoms with van der Waals surface area (Å²) in [4.78, 5) is 22.0. The topological polar surface area (TPSA) is 78.4 Å². The number of terminal acetylenes is 1. The van der Waals surface area contributed by atoms with E-state index in [1.54, 1.807) is 0 Å². The molecule has 0 aromatic carbocycles. The van der Waals surface area contributed by atoms with E-state index in [-0.39, 0.29) is 0 Å². The predicted octanol–water partition coefficient (Wildman–Crippen LogP) is 0.952. The summed E-state index contributed by atoms with van der Waals surface area (Å²) < 4.78 is 0. The van der Waals surface area contributed by atoms with Crippen molar-refractivity contribution in [3.8, 4) is 12.3 Å². The zero-order valence-electron chi connectivity index (χ0n) is 9.45. The summed E-state index contributed by atoms with van der Waals surface area (Å²) in [6.07, 6.45) is 7.46. The van der Waals surface area contributed by atoms with Crippen LogP contribution in [0.15, 0.2) is 0 Å². The number of nitrogens with one attached hydrogen (secondary N) is 2. The van der Waals surface area contributed by atoms with Gasteiger partial charge in [-0.1, -0.05) is 13.3 Å². The number of carbonyl (C=O) groups excluding carboxylic acids is 1. The average molecular weight is 226 g/mol. The quantitative estimate of drug-likeness (QED) is 0.447. The SMILES string of the molecule is C#CCCCNC(=O)N[C@@H](CCC)C(=O)O. The Labute approximate surface area is 95.6 Å². The van der Waals surface area contributed by atoms with E-state index in [4.69, 9.17) is 11.5 Å². The first-order valence-electron chi connectivity index (χ1n) is 5.32. The van der Waals surface area contributed by atoms with Crippen LogP contribution in [0.3, 0.4) is 0 Å². The molecule has 0 aliphatic rings. The summed E-state index contributed by atoms with van der Waals surface area (Å²) in [5.41, 5.74) is 0. The van der Waals surface area contributed by atoms with Gasteiger partial charge in [0.25, 0.3) is 0 Å². The second kappa shape index (κ2) is 8.60. The Hall–Kier alpha value is -1.70. The number of urea groups is 1. The maximum absolute atomic E-state index is 11.3. The number of hydrogen-bond acceptors (Lipinski definition) is 2. The van der Waals surface area contributed by atoms with Crippen LogP contribution in [-0.4, -0.2) is 29.7 Å².